The highest BCUT2D eigenvalue weighted by atomic mass is 79.9. The van der Waals surface area contributed by atoms with E-state index in [2.05, 4.69) is 28.2 Å². The van der Waals surface area contributed by atoms with Crippen molar-refractivity contribution in [1.29, 1.82) is 0 Å². The Morgan fingerprint density at radius 1 is 1.35 bits per heavy atom. The third-order valence-corrected chi connectivity index (χ3v) is 3.96. The van der Waals surface area contributed by atoms with Crippen molar-refractivity contribution in [3.8, 4) is 0 Å². The van der Waals surface area contributed by atoms with Crippen LogP contribution in [0.1, 0.15) is 38.2 Å². The van der Waals surface area contributed by atoms with Crippen molar-refractivity contribution in [1.82, 2.24) is 5.32 Å². The molecular weight excluding hydrogens is 281 g/mol. The van der Waals surface area contributed by atoms with Crippen LogP contribution in [0.2, 0.25) is 0 Å². The van der Waals surface area contributed by atoms with Gasteiger partial charge in [-0.05, 0) is 60.3 Å². The van der Waals surface area contributed by atoms with Crippen LogP contribution in [0, 0.1) is 5.82 Å². The predicted molar refractivity (Wildman–Crippen MR) is 74.8 cm³/mol. The molecule has 3 heteroatoms. The summed E-state index contributed by atoms with van der Waals surface area (Å²) in [4.78, 5) is 0. The van der Waals surface area contributed by atoms with Crippen LogP contribution in [0.4, 0.5) is 4.39 Å². The van der Waals surface area contributed by atoms with Gasteiger partial charge in [-0.15, -0.1) is 0 Å². The van der Waals surface area contributed by atoms with Crippen LogP contribution in [0.5, 0.6) is 0 Å². The Bertz CT molecular complexity index is 341. The molecule has 0 fully saturated rings. The summed E-state index contributed by atoms with van der Waals surface area (Å²) in [6.45, 7) is 2.20. The van der Waals surface area contributed by atoms with E-state index in [-0.39, 0.29) is 5.82 Å². The highest BCUT2D eigenvalue weighted by Gasteiger charge is 2.07. The monoisotopic (exact) mass is 301 g/mol. The summed E-state index contributed by atoms with van der Waals surface area (Å²) in [5, 5.41) is 3.33. The van der Waals surface area contributed by atoms with Crippen LogP contribution in [0.3, 0.4) is 0 Å². The molecule has 1 atom stereocenters. The molecule has 0 aromatic heterocycles. The van der Waals surface area contributed by atoms with Crippen LogP contribution in [0.15, 0.2) is 22.7 Å². The van der Waals surface area contributed by atoms with Gasteiger partial charge in [-0.2, -0.15) is 0 Å². The molecule has 1 rings (SSSR count). The van der Waals surface area contributed by atoms with E-state index in [9.17, 15) is 4.39 Å². The fourth-order valence-electron chi connectivity index (χ4n) is 2.06. The Morgan fingerprint density at radius 3 is 2.76 bits per heavy atom. The van der Waals surface area contributed by atoms with E-state index in [0.717, 1.165) is 24.8 Å². The summed E-state index contributed by atoms with van der Waals surface area (Å²) in [6, 6.07) is 5.84. The predicted octanol–water partition coefficient (Wildman–Crippen LogP) is 4.30. The molecule has 96 valence electrons. The molecule has 0 aliphatic heterocycles. The van der Waals surface area contributed by atoms with E-state index in [0.29, 0.717) is 10.5 Å². The number of rotatable bonds is 7. The molecule has 0 bridgehead atoms. The van der Waals surface area contributed by atoms with Crippen molar-refractivity contribution >= 4 is 15.9 Å². The van der Waals surface area contributed by atoms with Crippen LogP contribution >= 0.6 is 15.9 Å². The zero-order chi connectivity index (χ0) is 12.7. The lowest BCUT2D eigenvalue weighted by molar-refractivity contribution is 0.469. The minimum atomic E-state index is -0.166. The first-order valence-electron chi connectivity index (χ1n) is 6.29. The van der Waals surface area contributed by atoms with Gasteiger partial charge in [0.05, 0.1) is 4.47 Å². The number of hydrogen-bond acceptors (Lipinski definition) is 1. The molecule has 0 aliphatic rings. The van der Waals surface area contributed by atoms with Crippen molar-refractivity contribution in [2.75, 3.05) is 7.05 Å². The highest BCUT2D eigenvalue weighted by Crippen LogP contribution is 2.22. The molecule has 0 saturated carbocycles. The van der Waals surface area contributed by atoms with Gasteiger partial charge in [-0.1, -0.05) is 25.5 Å². The lowest BCUT2D eigenvalue weighted by Gasteiger charge is -2.15. The zero-order valence-electron chi connectivity index (χ0n) is 10.6. The Labute approximate surface area is 112 Å². The van der Waals surface area contributed by atoms with E-state index < -0.39 is 0 Å². The summed E-state index contributed by atoms with van der Waals surface area (Å²) < 4.78 is 13.9. The minimum Gasteiger partial charge on any atom is -0.317 e. The maximum absolute atomic E-state index is 13.3. The van der Waals surface area contributed by atoms with E-state index >= 15 is 0 Å². The third-order valence-electron chi connectivity index (χ3n) is 3.08. The molecule has 1 aromatic carbocycles. The van der Waals surface area contributed by atoms with Gasteiger partial charge in [-0.25, -0.2) is 4.39 Å². The molecule has 1 aromatic rings. The Kier molecular flexibility index (Phi) is 6.75. The molecule has 1 nitrogen and oxygen atoms in total. The summed E-state index contributed by atoms with van der Waals surface area (Å²) in [6.07, 6.45) is 5.58. The quantitative estimate of drug-likeness (QED) is 0.792. The van der Waals surface area contributed by atoms with E-state index in [4.69, 9.17) is 0 Å². The Balaban J connectivity index is 2.42. The second kappa shape index (κ2) is 7.83. The van der Waals surface area contributed by atoms with E-state index in [1.807, 2.05) is 13.1 Å². The number of aryl methyl sites for hydroxylation is 1. The minimum absolute atomic E-state index is 0.166. The van der Waals surface area contributed by atoms with Gasteiger partial charge in [0.15, 0.2) is 0 Å². The van der Waals surface area contributed by atoms with Crippen LogP contribution in [0.25, 0.3) is 0 Å². The lowest BCUT2D eigenvalue weighted by Crippen LogP contribution is -2.24. The molecule has 1 unspecified atom stereocenters. The molecular formula is C14H21BrFN. The zero-order valence-corrected chi connectivity index (χ0v) is 12.2. The largest absolute Gasteiger partial charge is 0.317 e. The van der Waals surface area contributed by atoms with Gasteiger partial charge < -0.3 is 5.32 Å². The van der Waals surface area contributed by atoms with Crippen LogP contribution in [-0.4, -0.2) is 13.1 Å². The van der Waals surface area contributed by atoms with Gasteiger partial charge in [0.1, 0.15) is 5.82 Å². The van der Waals surface area contributed by atoms with Crippen molar-refractivity contribution in [3.63, 3.8) is 0 Å². The van der Waals surface area contributed by atoms with Gasteiger partial charge in [0, 0.05) is 6.04 Å². The average molecular weight is 302 g/mol. The molecule has 0 heterocycles. The summed E-state index contributed by atoms with van der Waals surface area (Å²) in [5.74, 6) is -0.166. The average Bonchev–Trinajstić information content (AvgIpc) is 2.33. The van der Waals surface area contributed by atoms with E-state index in [1.165, 1.54) is 18.9 Å². The number of hydrogen-bond donors (Lipinski definition) is 1. The van der Waals surface area contributed by atoms with E-state index in [1.54, 1.807) is 6.07 Å². The normalized spacial score (nSPS) is 12.7. The number of nitrogens with one attached hydrogen (secondary N) is 1. The summed E-state index contributed by atoms with van der Waals surface area (Å²) >= 11 is 3.30. The fraction of sp³-hybridized carbons (Fsp3) is 0.571. The van der Waals surface area contributed by atoms with Gasteiger partial charge in [-0.3, -0.25) is 0 Å². The molecule has 0 amide bonds. The first-order valence-corrected chi connectivity index (χ1v) is 7.08. The maximum atomic E-state index is 13.3. The number of benzene rings is 1. The standard InChI is InChI=1S/C14H21BrFN/c1-3-6-12(17-2)9-4-7-11-8-5-10-13(16)14(11)15/h5,8,10,12,17H,3-4,6-7,9H2,1-2H3. The van der Waals surface area contributed by atoms with Gasteiger partial charge >= 0.3 is 0 Å². The molecule has 17 heavy (non-hydrogen) atoms. The first-order chi connectivity index (χ1) is 8.19. The smallest absolute Gasteiger partial charge is 0.137 e. The molecule has 0 aliphatic carbocycles. The number of halogens is 2. The van der Waals surface area contributed by atoms with Crippen LogP contribution in [-0.2, 0) is 6.42 Å². The van der Waals surface area contributed by atoms with Crippen molar-refractivity contribution < 1.29 is 4.39 Å². The maximum Gasteiger partial charge on any atom is 0.137 e. The second-order valence-corrected chi connectivity index (χ2v) is 5.17. The van der Waals surface area contributed by atoms with Crippen molar-refractivity contribution in [2.24, 2.45) is 0 Å². The molecule has 1 N–H and O–H groups in total. The molecule has 0 spiro atoms. The highest BCUT2D eigenvalue weighted by molar-refractivity contribution is 9.10. The first kappa shape index (κ1) is 14.7. The van der Waals surface area contributed by atoms with Crippen molar-refractivity contribution in [2.45, 2.75) is 45.1 Å². The lowest BCUT2D eigenvalue weighted by atomic mass is 10.0. The molecule has 0 radical (unpaired) electrons. The van der Waals surface area contributed by atoms with Crippen LogP contribution < -0.4 is 5.32 Å². The summed E-state index contributed by atoms with van der Waals surface area (Å²) in [7, 11) is 2.01. The Morgan fingerprint density at radius 2 is 2.12 bits per heavy atom. The Hall–Kier alpha value is -0.410. The second-order valence-electron chi connectivity index (χ2n) is 4.38. The third kappa shape index (κ3) is 4.76. The van der Waals surface area contributed by atoms with Crippen molar-refractivity contribution in [3.05, 3.63) is 34.1 Å². The topological polar surface area (TPSA) is 12.0 Å². The molecule has 0 saturated heterocycles. The van der Waals surface area contributed by atoms with Gasteiger partial charge in [0.2, 0.25) is 0 Å². The van der Waals surface area contributed by atoms with Gasteiger partial charge in [0.25, 0.3) is 0 Å². The summed E-state index contributed by atoms with van der Waals surface area (Å²) in [5.41, 5.74) is 1.07. The fourth-order valence-corrected chi connectivity index (χ4v) is 2.52. The SMILES string of the molecule is CCCC(CCCc1cccc(F)c1Br)NC.